The lowest BCUT2D eigenvalue weighted by Crippen LogP contribution is -2.48. The number of esters is 1. The smallest absolute Gasteiger partial charge is 0.339 e. The van der Waals surface area contributed by atoms with E-state index in [-0.39, 0.29) is 11.9 Å². The van der Waals surface area contributed by atoms with Gasteiger partial charge in [0.1, 0.15) is 11.6 Å². The Kier molecular flexibility index (Phi) is 3.55. The third-order valence-corrected chi connectivity index (χ3v) is 4.66. The Balaban J connectivity index is 1.44. The molecule has 1 N–H and O–H groups in total. The van der Waals surface area contributed by atoms with E-state index in [1.807, 2.05) is 23.6 Å². The minimum Gasteiger partial charge on any atom is -0.448 e. The zero-order valence-electron chi connectivity index (χ0n) is 13.4. The molecule has 0 fully saturated rings. The molecule has 24 heavy (non-hydrogen) atoms. The third kappa shape index (κ3) is 2.55. The summed E-state index contributed by atoms with van der Waals surface area (Å²) < 4.78 is 7.34. The molecule has 2 aromatic rings. The summed E-state index contributed by atoms with van der Waals surface area (Å²) in [5.41, 5.74) is 1.40. The Morgan fingerprint density at radius 2 is 2.17 bits per heavy atom. The lowest BCUT2D eigenvalue weighted by molar-refractivity contribution is -0.131. The van der Waals surface area contributed by atoms with Crippen molar-refractivity contribution in [1.29, 1.82) is 0 Å². The van der Waals surface area contributed by atoms with Gasteiger partial charge in [0.2, 0.25) is 0 Å². The minimum absolute atomic E-state index is 0.00410. The van der Waals surface area contributed by atoms with Gasteiger partial charge in [0, 0.05) is 25.4 Å². The first-order valence-corrected chi connectivity index (χ1v) is 8.10. The molecule has 2 atom stereocenters. The predicted octanol–water partition coefficient (Wildman–Crippen LogP) is 0.799. The van der Waals surface area contributed by atoms with Gasteiger partial charge in [-0.15, -0.1) is 10.2 Å². The van der Waals surface area contributed by atoms with Crippen molar-refractivity contribution in [1.82, 2.24) is 20.1 Å². The van der Waals surface area contributed by atoms with Crippen LogP contribution in [0.3, 0.4) is 0 Å². The van der Waals surface area contributed by atoms with E-state index in [9.17, 15) is 9.59 Å². The van der Waals surface area contributed by atoms with Crippen LogP contribution in [0.4, 0.5) is 0 Å². The highest BCUT2D eigenvalue weighted by atomic mass is 16.5. The fourth-order valence-electron chi connectivity index (χ4n) is 3.35. The van der Waals surface area contributed by atoms with Gasteiger partial charge >= 0.3 is 5.97 Å². The summed E-state index contributed by atoms with van der Waals surface area (Å²) in [4.78, 5) is 24.6. The molecule has 7 nitrogen and oxygen atoms in total. The molecule has 2 aliphatic heterocycles. The SMILES string of the molecule is Cc1nnc2n1CC(NC(=O)C1Cc3ccccc3C(=O)O1)CC2. The zero-order valence-corrected chi connectivity index (χ0v) is 13.4. The van der Waals surface area contributed by atoms with Crippen molar-refractivity contribution >= 4 is 11.9 Å². The second kappa shape index (κ2) is 5.74. The Hall–Kier alpha value is -2.70. The van der Waals surface area contributed by atoms with Crippen LogP contribution in [-0.4, -0.2) is 38.8 Å². The molecule has 3 heterocycles. The number of amides is 1. The van der Waals surface area contributed by atoms with Gasteiger partial charge in [-0.3, -0.25) is 4.79 Å². The molecule has 124 valence electrons. The Morgan fingerprint density at radius 3 is 3.04 bits per heavy atom. The summed E-state index contributed by atoms with van der Waals surface area (Å²) in [5.74, 6) is 1.13. The molecule has 0 spiro atoms. The molecular weight excluding hydrogens is 308 g/mol. The van der Waals surface area contributed by atoms with Crippen LogP contribution in [0.2, 0.25) is 0 Å². The summed E-state index contributed by atoms with van der Waals surface area (Å²) in [6.45, 7) is 2.55. The van der Waals surface area contributed by atoms with Crippen LogP contribution in [0.1, 0.15) is 34.0 Å². The summed E-state index contributed by atoms with van der Waals surface area (Å²) in [6.07, 6.45) is 1.23. The first-order valence-electron chi connectivity index (χ1n) is 8.10. The molecule has 2 aliphatic rings. The van der Waals surface area contributed by atoms with Crippen LogP contribution in [-0.2, 0) is 28.9 Å². The average Bonchev–Trinajstić information content (AvgIpc) is 2.96. The van der Waals surface area contributed by atoms with E-state index >= 15 is 0 Å². The summed E-state index contributed by atoms with van der Waals surface area (Å²) in [7, 11) is 0. The lowest BCUT2D eigenvalue weighted by Gasteiger charge is -2.28. The number of nitrogens with zero attached hydrogens (tertiary/aromatic N) is 3. The number of nitrogens with one attached hydrogen (secondary N) is 1. The van der Waals surface area contributed by atoms with Gasteiger partial charge in [-0.05, 0) is 25.0 Å². The van der Waals surface area contributed by atoms with Gasteiger partial charge in [0.05, 0.1) is 5.56 Å². The standard InChI is InChI=1S/C17H18N4O3/c1-10-19-20-15-7-6-12(9-21(10)15)18-16(22)14-8-11-4-2-3-5-13(11)17(23)24-14/h2-5,12,14H,6-9H2,1H3,(H,18,22). The van der Waals surface area contributed by atoms with E-state index in [0.29, 0.717) is 18.5 Å². The first-order chi connectivity index (χ1) is 11.6. The van der Waals surface area contributed by atoms with E-state index in [2.05, 4.69) is 15.5 Å². The van der Waals surface area contributed by atoms with Crippen molar-refractivity contribution in [3.05, 3.63) is 47.0 Å². The molecule has 1 aromatic heterocycles. The van der Waals surface area contributed by atoms with Crippen LogP contribution in [0.25, 0.3) is 0 Å². The lowest BCUT2D eigenvalue weighted by atomic mass is 9.98. The average molecular weight is 326 g/mol. The number of carbonyl (C=O) groups excluding carboxylic acids is 2. The summed E-state index contributed by atoms with van der Waals surface area (Å²) in [5, 5.41) is 11.2. The van der Waals surface area contributed by atoms with Crippen LogP contribution in [0.15, 0.2) is 24.3 Å². The number of fused-ring (bicyclic) bond motifs is 2. The molecule has 1 amide bonds. The number of carbonyl (C=O) groups is 2. The highest BCUT2D eigenvalue weighted by molar-refractivity contribution is 5.95. The van der Waals surface area contributed by atoms with Gasteiger partial charge in [-0.25, -0.2) is 4.79 Å². The number of aryl methyl sites for hydroxylation is 2. The second-order valence-corrected chi connectivity index (χ2v) is 6.27. The van der Waals surface area contributed by atoms with E-state index in [0.717, 1.165) is 30.1 Å². The minimum atomic E-state index is -0.768. The number of ether oxygens (including phenoxy) is 1. The van der Waals surface area contributed by atoms with Crippen molar-refractivity contribution < 1.29 is 14.3 Å². The molecule has 2 unspecified atom stereocenters. The molecule has 0 saturated carbocycles. The summed E-state index contributed by atoms with van der Waals surface area (Å²) in [6, 6.07) is 7.24. The summed E-state index contributed by atoms with van der Waals surface area (Å²) >= 11 is 0. The number of cyclic esters (lactones) is 1. The Morgan fingerprint density at radius 1 is 1.33 bits per heavy atom. The van der Waals surface area contributed by atoms with Crippen molar-refractivity contribution in [2.45, 2.75) is 44.9 Å². The normalized spacial score (nSPS) is 22.3. The number of rotatable bonds is 2. The Bertz CT molecular complexity index is 814. The van der Waals surface area contributed by atoms with Crippen molar-refractivity contribution in [3.8, 4) is 0 Å². The first kappa shape index (κ1) is 14.9. The molecule has 0 radical (unpaired) electrons. The molecule has 0 bridgehead atoms. The van der Waals surface area contributed by atoms with E-state index in [1.54, 1.807) is 12.1 Å². The molecule has 4 rings (SSSR count). The Labute approximate surface area is 139 Å². The van der Waals surface area contributed by atoms with Crippen molar-refractivity contribution in [2.75, 3.05) is 0 Å². The molecular formula is C17H18N4O3. The van der Waals surface area contributed by atoms with Gasteiger partial charge in [0.25, 0.3) is 5.91 Å². The maximum atomic E-state index is 12.5. The third-order valence-electron chi connectivity index (χ3n) is 4.66. The predicted molar refractivity (Wildman–Crippen MR) is 84.4 cm³/mol. The van der Waals surface area contributed by atoms with E-state index in [1.165, 1.54) is 0 Å². The molecule has 1 aromatic carbocycles. The molecule has 0 saturated heterocycles. The quantitative estimate of drug-likeness (QED) is 0.825. The van der Waals surface area contributed by atoms with Crippen LogP contribution >= 0.6 is 0 Å². The fraction of sp³-hybridized carbons (Fsp3) is 0.412. The number of benzene rings is 1. The maximum absolute atomic E-state index is 12.5. The van der Waals surface area contributed by atoms with Gasteiger partial charge in [-0.1, -0.05) is 18.2 Å². The van der Waals surface area contributed by atoms with Crippen LogP contribution in [0.5, 0.6) is 0 Å². The molecule has 7 heteroatoms. The topological polar surface area (TPSA) is 86.1 Å². The van der Waals surface area contributed by atoms with Gasteiger partial charge in [-0.2, -0.15) is 0 Å². The number of hydrogen-bond donors (Lipinski definition) is 1. The zero-order chi connectivity index (χ0) is 16.7. The second-order valence-electron chi connectivity index (χ2n) is 6.27. The largest absolute Gasteiger partial charge is 0.448 e. The van der Waals surface area contributed by atoms with Crippen LogP contribution in [0, 0.1) is 6.92 Å². The fourth-order valence-corrected chi connectivity index (χ4v) is 3.35. The number of aromatic nitrogens is 3. The molecule has 0 aliphatic carbocycles. The highest BCUT2D eigenvalue weighted by Crippen LogP contribution is 2.21. The van der Waals surface area contributed by atoms with Gasteiger partial charge in [0.15, 0.2) is 6.10 Å². The number of hydrogen-bond acceptors (Lipinski definition) is 5. The van der Waals surface area contributed by atoms with Gasteiger partial charge < -0.3 is 14.6 Å². The van der Waals surface area contributed by atoms with Crippen LogP contribution < -0.4 is 5.32 Å². The highest BCUT2D eigenvalue weighted by Gasteiger charge is 2.33. The monoisotopic (exact) mass is 326 g/mol. The maximum Gasteiger partial charge on any atom is 0.339 e. The van der Waals surface area contributed by atoms with E-state index < -0.39 is 12.1 Å². The van der Waals surface area contributed by atoms with Crippen molar-refractivity contribution in [2.24, 2.45) is 0 Å². The van der Waals surface area contributed by atoms with E-state index in [4.69, 9.17) is 4.74 Å². The van der Waals surface area contributed by atoms with Crippen molar-refractivity contribution in [3.63, 3.8) is 0 Å².